The lowest BCUT2D eigenvalue weighted by Gasteiger charge is -2.34. The summed E-state index contributed by atoms with van der Waals surface area (Å²) < 4.78 is 5.12. The van der Waals surface area contributed by atoms with Gasteiger partial charge in [0.2, 0.25) is 0 Å². The molecule has 94 valence electrons. The SMILES string of the molecule is CCCCOC(=O)CNC1(C)CCCCC1. The lowest BCUT2D eigenvalue weighted by molar-refractivity contribution is -0.143. The van der Waals surface area contributed by atoms with E-state index in [4.69, 9.17) is 4.74 Å². The summed E-state index contributed by atoms with van der Waals surface area (Å²) in [5.74, 6) is -0.111. The molecule has 0 bridgehead atoms. The second-order valence-corrected chi connectivity index (χ2v) is 5.05. The van der Waals surface area contributed by atoms with Crippen LogP contribution in [0.1, 0.15) is 58.8 Å². The van der Waals surface area contributed by atoms with Gasteiger partial charge in [-0.25, -0.2) is 0 Å². The minimum Gasteiger partial charge on any atom is -0.465 e. The molecule has 0 aromatic carbocycles. The van der Waals surface area contributed by atoms with Crippen LogP contribution in [0.15, 0.2) is 0 Å². The maximum atomic E-state index is 11.4. The summed E-state index contributed by atoms with van der Waals surface area (Å²) >= 11 is 0. The molecular formula is C13H25NO2. The molecule has 0 atom stereocenters. The van der Waals surface area contributed by atoms with Gasteiger partial charge in [-0.15, -0.1) is 0 Å². The maximum absolute atomic E-state index is 11.4. The number of esters is 1. The van der Waals surface area contributed by atoms with Crippen LogP contribution in [0.5, 0.6) is 0 Å². The molecule has 0 spiro atoms. The van der Waals surface area contributed by atoms with Crippen molar-refractivity contribution >= 4 is 5.97 Å². The van der Waals surface area contributed by atoms with E-state index in [9.17, 15) is 4.79 Å². The normalized spacial score (nSPS) is 19.4. The smallest absolute Gasteiger partial charge is 0.319 e. The van der Waals surface area contributed by atoms with E-state index >= 15 is 0 Å². The molecule has 0 aromatic heterocycles. The molecular weight excluding hydrogens is 202 g/mol. The Morgan fingerprint density at radius 3 is 2.62 bits per heavy atom. The first-order valence-electron chi connectivity index (χ1n) is 6.57. The van der Waals surface area contributed by atoms with Gasteiger partial charge in [-0.1, -0.05) is 32.6 Å². The molecule has 0 saturated heterocycles. The standard InChI is InChI=1S/C13H25NO2/c1-3-4-10-16-12(15)11-14-13(2)8-6-5-7-9-13/h14H,3-11H2,1-2H3. The van der Waals surface area contributed by atoms with E-state index in [1.807, 2.05) is 0 Å². The molecule has 3 heteroatoms. The summed E-state index contributed by atoms with van der Waals surface area (Å²) in [6.07, 6.45) is 8.26. The summed E-state index contributed by atoms with van der Waals surface area (Å²) in [4.78, 5) is 11.4. The van der Waals surface area contributed by atoms with Crippen LogP contribution in [-0.4, -0.2) is 24.7 Å². The molecule has 3 nitrogen and oxygen atoms in total. The van der Waals surface area contributed by atoms with Crippen molar-refractivity contribution < 1.29 is 9.53 Å². The van der Waals surface area contributed by atoms with Crippen molar-refractivity contribution in [1.29, 1.82) is 0 Å². The van der Waals surface area contributed by atoms with Gasteiger partial charge in [-0.05, 0) is 26.2 Å². The molecule has 0 unspecified atom stereocenters. The van der Waals surface area contributed by atoms with Crippen molar-refractivity contribution in [2.75, 3.05) is 13.2 Å². The maximum Gasteiger partial charge on any atom is 0.319 e. The molecule has 0 aromatic rings. The Labute approximate surface area is 98.9 Å². The number of nitrogens with one attached hydrogen (secondary N) is 1. The molecule has 0 aliphatic heterocycles. The Morgan fingerprint density at radius 1 is 1.31 bits per heavy atom. The van der Waals surface area contributed by atoms with Crippen LogP contribution < -0.4 is 5.32 Å². The van der Waals surface area contributed by atoms with Gasteiger partial charge in [0.25, 0.3) is 0 Å². The fraction of sp³-hybridized carbons (Fsp3) is 0.923. The second kappa shape index (κ2) is 6.89. The van der Waals surface area contributed by atoms with Gasteiger partial charge in [0.15, 0.2) is 0 Å². The van der Waals surface area contributed by atoms with Crippen molar-refractivity contribution in [3.8, 4) is 0 Å². The van der Waals surface area contributed by atoms with E-state index in [0.717, 1.165) is 12.8 Å². The van der Waals surface area contributed by atoms with Gasteiger partial charge in [-0.2, -0.15) is 0 Å². The van der Waals surface area contributed by atoms with Crippen LogP contribution in [0, 0.1) is 0 Å². The van der Waals surface area contributed by atoms with Gasteiger partial charge in [-0.3, -0.25) is 4.79 Å². The highest BCUT2D eigenvalue weighted by Gasteiger charge is 2.26. The zero-order chi connectivity index (χ0) is 11.9. The van der Waals surface area contributed by atoms with Crippen LogP contribution in [0.4, 0.5) is 0 Å². The zero-order valence-corrected chi connectivity index (χ0v) is 10.7. The molecule has 0 heterocycles. The topological polar surface area (TPSA) is 38.3 Å². The lowest BCUT2D eigenvalue weighted by Crippen LogP contribution is -2.46. The summed E-state index contributed by atoms with van der Waals surface area (Å²) in [6.45, 7) is 5.23. The molecule has 1 fully saturated rings. The predicted octanol–water partition coefficient (Wildman–Crippen LogP) is 2.64. The highest BCUT2D eigenvalue weighted by atomic mass is 16.5. The van der Waals surface area contributed by atoms with Crippen LogP contribution in [-0.2, 0) is 9.53 Å². The first-order chi connectivity index (χ1) is 7.66. The van der Waals surface area contributed by atoms with Gasteiger partial charge in [0, 0.05) is 5.54 Å². The number of ether oxygens (including phenoxy) is 1. The lowest BCUT2D eigenvalue weighted by atomic mass is 9.83. The van der Waals surface area contributed by atoms with E-state index in [-0.39, 0.29) is 11.5 Å². The van der Waals surface area contributed by atoms with Gasteiger partial charge in [0.1, 0.15) is 0 Å². The summed E-state index contributed by atoms with van der Waals surface area (Å²) in [6, 6.07) is 0. The first kappa shape index (κ1) is 13.5. The molecule has 1 saturated carbocycles. The van der Waals surface area contributed by atoms with Crippen molar-refractivity contribution in [3.05, 3.63) is 0 Å². The number of hydrogen-bond acceptors (Lipinski definition) is 3. The van der Waals surface area contributed by atoms with E-state index in [1.165, 1.54) is 32.1 Å². The van der Waals surface area contributed by atoms with Gasteiger partial charge < -0.3 is 10.1 Å². The molecule has 0 radical (unpaired) electrons. The Bertz CT molecular complexity index is 210. The van der Waals surface area contributed by atoms with Crippen LogP contribution in [0.2, 0.25) is 0 Å². The number of carbonyl (C=O) groups is 1. The van der Waals surface area contributed by atoms with E-state index in [2.05, 4.69) is 19.2 Å². The fourth-order valence-electron chi connectivity index (χ4n) is 2.18. The third kappa shape index (κ3) is 4.97. The first-order valence-corrected chi connectivity index (χ1v) is 6.57. The summed E-state index contributed by atoms with van der Waals surface area (Å²) in [7, 11) is 0. The van der Waals surface area contributed by atoms with E-state index < -0.39 is 0 Å². The highest BCUT2D eigenvalue weighted by molar-refractivity contribution is 5.71. The molecule has 0 amide bonds. The van der Waals surface area contributed by atoms with Gasteiger partial charge in [0.05, 0.1) is 13.2 Å². The third-order valence-electron chi connectivity index (χ3n) is 3.38. The average Bonchev–Trinajstić information content (AvgIpc) is 2.28. The molecule has 1 N–H and O–H groups in total. The molecule has 1 aliphatic carbocycles. The largest absolute Gasteiger partial charge is 0.465 e. The highest BCUT2D eigenvalue weighted by Crippen LogP contribution is 2.27. The van der Waals surface area contributed by atoms with Crippen molar-refractivity contribution in [1.82, 2.24) is 5.32 Å². The number of carbonyl (C=O) groups excluding carboxylic acids is 1. The average molecular weight is 227 g/mol. The fourth-order valence-corrected chi connectivity index (χ4v) is 2.18. The minimum absolute atomic E-state index is 0.111. The second-order valence-electron chi connectivity index (χ2n) is 5.05. The summed E-state index contributed by atoms with van der Waals surface area (Å²) in [5.41, 5.74) is 0.155. The molecule has 1 aliphatic rings. The Morgan fingerprint density at radius 2 is 2.00 bits per heavy atom. The van der Waals surface area contributed by atoms with Gasteiger partial charge >= 0.3 is 5.97 Å². The molecule has 16 heavy (non-hydrogen) atoms. The van der Waals surface area contributed by atoms with E-state index in [1.54, 1.807) is 0 Å². The Kier molecular flexibility index (Phi) is 5.81. The quantitative estimate of drug-likeness (QED) is 0.560. The Hall–Kier alpha value is -0.570. The van der Waals surface area contributed by atoms with Crippen molar-refractivity contribution in [2.45, 2.75) is 64.3 Å². The minimum atomic E-state index is -0.111. The third-order valence-corrected chi connectivity index (χ3v) is 3.38. The van der Waals surface area contributed by atoms with Crippen LogP contribution in [0.3, 0.4) is 0 Å². The van der Waals surface area contributed by atoms with Crippen LogP contribution >= 0.6 is 0 Å². The van der Waals surface area contributed by atoms with E-state index in [0.29, 0.717) is 13.2 Å². The monoisotopic (exact) mass is 227 g/mol. The Balaban J connectivity index is 2.14. The van der Waals surface area contributed by atoms with Crippen LogP contribution in [0.25, 0.3) is 0 Å². The number of unbranched alkanes of at least 4 members (excludes halogenated alkanes) is 1. The summed E-state index contributed by atoms with van der Waals surface area (Å²) in [5, 5.41) is 3.35. The number of rotatable bonds is 6. The predicted molar refractivity (Wildman–Crippen MR) is 65.4 cm³/mol. The number of hydrogen-bond donors (Lipinski definition) is 1. The van der Waals surface area contributed by atoms with Crippen molar-refractivity contribution in [3.63, 3.8) is 0 Å². The van der Waals surface area contributed by atoms with Crippen molar-refractivity contribution in [2.24, 2.45) is 0 Å². The molecule has 1 rings (SSSR count). The zero-order valence-electron chi connectivity index (χ0n) is 10.7.